The Morgan fingerprint density at radius 3 is 2.61 bits per heavy atom. The molecule has 0 saturated carbocycles. The summed E-state index contributed by atoms with van der Waals surface area (Å²) in [6.45, 7) is 2.31. The van der Waals surface area contributed by atoms with Gasteiger partial charge in [-0.15, -0.1) is 0 Å². The Morgan fingerprint density at radius 2 is 2.17 bits per heavy atom. The summed E-state index contributed by atoms with van der Waals surface area (Å²) in [5, 5.41) is 2.63. The van der Waals surface area contributed by atoms with Gasteiger partial charge in [0, 0.05) is 19.0 Å². The lowest BCUT2D eigenvalue weighted by atomic mass is 10.1. The van der Waals surface area contributed by atoms with Crippen LogP contribution in [0.25, 0.3) is 0 Å². The van der Waals surface area contributed by atoms with Gasteiger partial charge in [-0.2, -0.15) is 0 Å². The van der Waals surface area contributed by atoms with E-state index in [1.54, 1.807) is 4.90 Å². The molecule has 2 amide bonds. The average Bonchev–Trinajstić information content (AvgIpc) is 2.86. The lowest BCUT2D eigenvalue weighted by Crippen LogP contribution is -2.49. The van der Waals surface area contributed by atoms with Crippen molar-refractivity contribution in [1.29, 1.82) is 0 Å². The van der Waals surface area contributed by atoms with Crippen molar-refractivity contribution in [2.24, 2.45) is 0 Å². The second kappa shape index (κ2) is 4.87. The van der Waals surface area contributed by atoms with E-state index in [4.69, 9.17) is 0 Å². The smallest absolute Gasteiger partial charge is 0.245 e. The summed E-state index contributed by atoms with van der Waals surface area (Å²) in [5.41, 5.74) is 0. The Morgan fingerprint density at radius 1 is 1.44 bits per heavy atom. The Hall–Kier alpha value is -1.11. The van der Waals surface area contributed by atoms with Crippen molar-refractivity contribution in [2.75, 3.05) is 18.1 Å². The minimum Gasteiger partial charge on any atom is -0.344 e. The van der Waals surface area contributed by atoms with Crippen molar-refractivity contribution in [3.05, 3.63) is 0 Å². The monoisotopic (exact) mass is 274 g/mol. The van der Waals surface area contributed by atoms with Crippen molar-refractivity contribution in [3.63, 3.8) is 0 Å². The molecule has 0 aromatic rings. The lowest BCUT2D eigenvalue weighted by molar-refractivity contribution is -0.135. The lowest BCUT2D eigenvalue weighted by Gasteiger charge is -2.29. The fraction of sp³-hybridized carbons (Fsp3) is 0.818. The van der Waals surface area contributed by atoms with Gasteiger partial charge < -0.3 is 10.2 Å². The predicted octanol–water partition coefficient (Wildman–Crippen LogP) is -0.699. The van der Waals surface area contributed by atoms with Crippen molar-refractivity contribution in [3.8, 4) is 0 Å². The molecule has 2 rings (SSSR count). The van der Waals surface area contributed by atoms with Crippen molar-refractivity contribution in [1.82, 2.24) is 10.2 Å². The first-order valence-electron chi connectivity index (χ1n) is 6.23. The zero-order valence-corrected chi connectivity index (χ0v) is 11.2. The van der Waals surface area contributed by atoms with Crippen LogP contribution in [-0.4, -0.2) is 55.3 Å². The van der Waals surface area contributed by atoms with Gasteiger partial charge in [-0.05, 0) is 19.8 Å². The second-order valence-electron chi connectivity index (χ2n) is 4.84. The number of sulfone groups is 1. The predicted molar refractivity (Wildman–Crippen MR) is 65.6 cm³/mol. The number of carbonyl (C=O) groups is 2. The van der Waals surface area contributed by atoms with Crippen LogP contribution in [0, 0.1) is 0 Å². The topological polar surface area (TPSA) is 83.6 Å². The molecule has 2 aliphatic heterocycles. The number of nitrogens with zero attached hydrogens (tertiary/aromatic N) is 1. The number of hydrogen-bond acceptors (Lipinski definition) is 4. The van der Waals surface area contributed by atoms with Crippen LogP contribution in [0.15, 0.2) is 0 Å². The van der Waals surface area contributed by atoms with E-state index >= 15 is 0 Å². The Balaban J connectivity index is 2.05. The number of likely N-dealkylation sites (N-methyl/N-ethyl adjacent to an activating group) is 1. The second-order valence-corrected chi connectivity index (χ2v) is 7.07. The standard InChI is InChI=1S/C11H18N2O4S/c1-2-13(8-5-6-18(16,17)7-8)11(15)9-3-4-10(14)12-9/h8-9H,2-7H2,1H3,(H,12,14). The molecule has 2 atom stereocenters. The molecular formula is C11H18N2O4S. The molecule has 7 heteroatoms. The molecule has 2 unspecified atom stereocenters. The third-order valence-electron chi connectivity index (χ3n) is 3.57. The minimum atomic E-state index is -3.00. The van der Waals surface area contributed by atoms with E-state index in [1.165, 1.54) is 0 Å². The normalized spacial score (nSPS) is 30.2. The fourth-order valence-corrected chi connectivity index (χ4v) is 4.35. The maximum absolute atomic E-state index is 12.2. The van der Waals surface area contributed by atoms with Crippen molar-refractivity contribution in [2.45, 2.75) is 38.3 Å². The highest BCUT2D eigenvalue weighted by Crippen LogP contribution is 2.20. The van der Waals surface area contributed by atoms with Crippen LogP contribution >= 0.6 is 0 Å². The van der Waals surface area contributed by atoms with E-state index in [0.29, 0.717) is 25.8 Å². The zero-order valence-electron chi connectivity index (χ0n) is 10.4. The molecule has 0 spiro atoms. The summed E-state index contributed by atoms with van der Waals surface area (Å²) in [4.78, 5) is 25.0. The van der Waals surface area contributed by atoms with E-state index in [1.807, 2.05) is 6.92 Å². The van der Waals surface area contributed by atoms with Crippen LogP contribution in [0.5, 0.6) is 0 Å². The molecular weight excluding hydrogens is 256 g/mol. The van der Waals surface area contributed by atoms with Crippen LogP contribution in [-0.2, 0) is 19.4 Å². The van der Waals surface area contributed by atoms with Gasteiger partial charge in [0.25, 0.3) is 0 Å². The van der Waals surface area contributed by atoms with Crippen LogP contribution in [0.3, 0.4) is 0 Å². The number of rotatable bonds is 3. The van der Waals surface area contributed by atoms with Crippen LogP contribution < -0.4 is 5.32 Å². The van der Waals surface area contributed by atoms with Gasteiger partial charge in [-0.1, -0.05) is 0 Å². The number of nitrogens with one attached hydrogen (secondary N) is 1. The first kappa shape index (κ1) is 13.3. The molecule has 0 aromatic heterocycles. The maximum atomic E-state index is 12.2. The quantitative estimate of drug-likeness (QED) is 0.737. The molecule has 0 bridgehead atoms. The Kier molecular flexibility index (Phi) is 3.61. The summed E-state index contributed by atoms with van der Waals surface area (Å²) in [7, 11) is -3.00. The third-order valence-corrected chi connectivity index (χ3v) is 5.32. The summed E-state index contributed by atoms with van der Waals surface area (Å²) in [6.07, 6.45) is 1.38. The van der Waals surface area contributed by atoms with E-state index < -0.39 is 15.9 Å². The van der Waals surface area contributed by atoms with E-state index in [-0.39, 0.29) is 29.4 Å². The SMILES string of the molecule is CCN(C(=O)C1CCC(=O)N1)C1CCS(=O)(=O)C1. The average molecular weight is 274 g/mol. The van der Waals surface area contributed by atoms with Gasteiger partial charge in [0.05, 0.1) is 11.5 Å². The molecule has 2 saturated heterocycles. The number of hydrogen-bond donors (Lipinski definition) is 1. The Bertz CT molecular complexity index is 460. The van der Waals surface area contributed by atoms with Crippen LogP contribution in [0.2, 0.25) is 0 Å². The molecule has 102 valence electrons. The van der Waals surface area contributed by atoms with Gasteiger partial charge in [0.1, 0.15) is 6.04 Å². The van der Waals surface area contributed by atoms with E-state index in [0.717, 1.165) is 0 Å². The molecule has 1 N–H and O–H groups in total. The number of amides is 2. The molecule has 2 fully saturated rings. The first-order valence-corrected chi connectivity index (χ1v) is 8.05. The van der Waals surface area contributed by atoms with E-state index in [9.17, 15) is 18.0 Å². The fourth-order valence-electron chi connectivity index (χ4n) is 2.61. The number of carbonyl (C=O) groups excluding carboxylic acids is 2. The van der Waals surface area contributed by atoms with Gasteiger partial charge in [-0.3, -0.25) is 9.59 Å². The highest BCUT2D eigenvalue weighted by Gasteiger charge is 2.37. The molecule has 0 aromatic carbocycles. The summed E-state index contributed by atoms with van der Waals surface area (Å²) in [5.74, 6) is -0.0555. The van der Waals surface area contributed by atoms with Gasteiger partial charge in [-0.25, -0.2) is 8.42 Å². The van der Waals surface area contributed by atoms with Gasteiger partial charge in [0.2, 0.25) is 11.8 Å². The first-order chi connectivity index (χ1) is 8.43. The zero-order chi connectivity index (χ0) is 13.3. The molecule has 6 nitrogen and oxygen atoms in total. The Labute approximate surface area is 107 Å². The minimum absolute atomic E-state index is 0.0489. The molecule has 0 radical (unpaired) electrons. The summed E-state index contributed by atoms with van der Waals surface area (Å²) in [6, 6.07) is -0.703. The highest BCUT2D eigenvalue weighted by molar-refractivity contribution is 7.91. The largest absolute Gasteiger partial charge is 0.344 e. The van der Waals surface area contributed by atoms with Crippen molar-refractivity contribution < 1.29 is 18.0 Å². The summed E-state index contributed by atoms with van der Waals surface area (Å²) < 4.78 is 22.9. The van der Waals surface area contributed by atoms with Crippen molar-refractivity contribution >= 4 is 21.7 Å². The third kappa shape index (κ3) is 2.66. The molecule has 2 heterocycles. The maximum Gasteiger partial charge on any atom is 0.245 e. The molecule has 0 aliphatic carbocycles. The highest BCUT2D eigenvalue weighted by atomic mass is 32.2. The van der Waals surface area contributed by atoms with Crippen LogP contribution in [0.1, 0.15) is 26.2 Å². The van der Waals surface area contributed by atoms with E-state index in [2.05, 4.69) is 5.32 Å². The van der Waals surface area contributed by atoms with Crippen LogP contribution in [0.4, 0.5) is 0 Å². The van der Waals surface area contributed by atoms with Gasteiger partial charge >= 0.3 is 0 Å². The summed E-state index contributed by atoms with van der Waals surface area (Å²) >= 11 is 0. The molecule has 18 heavy (non-hydrogen) atoms. The van der Waals surface area contributed by atoms with Gasteiger partial charge in [0.15, 0.2) is 9.84 Å². The molecule has 2 aliphatic rings.